The van der Waals surface area contributed by atoms with Crippen molar-refractivity contribution < 1.29 is 0 Å². The summed E-state index contributed by atoms with van der Waals surface area (Å²) < 4.78 is 1.01. The summed E-state index contributed by atoms with van der Waals surface area (Å²) in [5, 5.41) is 12.3. The number of benzene rings is 1. The second kappa shape index (κ2) is 4.02. The lowest BCUT2D eigenvalue weighted by Gasteiger charge is -2.27. The lowest BCUT2D eigenvalue weighted by atomic mass is 9.92. The van der Waals surface area contributed by atoms with Crippen LogP contribution in [0.15, 0.2) is 22.7 Å². The number of rotatable bonds is 2. The highest BCUT2D eigenvalue weighted by Crippen LogP contribution is 2.27. The summed E-state index contributed by atoms with van der Waals surface area (Å²) in [5.74, 6) is 0. The van der Waals surface area contributed by atoms with Crippen LogP contribution in [0.3, 0.4) is 0 Å². The van der Waals surface area contributed by atoms with Crippen LogP contribution in [-0.2, 0) is 0 Å². The van der Waals surface area contributed by atoms with Crippen LogP contribution in [0.25, 0.3) is 0 Å². The van der Waals surface area contributed by atoms with Crippen LogP contribution < -0.4 is 5.32 Å². The van der Waals surface area contributed by atoms with Crippen molar-refractivity contribution in [2.45, 2.75) is 25.3 Å². The molecule has 1 fully saturated rings. The monoisotopic (exact) mass is 250 g/mol. The van der Waals surface area contributed by atoms with E-state index in [2.05, 4.69) is 27.3 Å². The standard InChI is InChI=1S/C11H11BrN2/c12-9-5-4-8(7-13)11(6-9)14-10-2-1-3-10/h4-6,10,14H,1-3H2. The molecule has 1 aromatic carbocycles. The fraction of sp³-hybridized carbons (Fsp3) is 0.364. The summed E-state index contributed by atoms with van der Waals surface area (Å²) in [6.45, 7) is 0. The Balaban J connectivity index is 2.21. The van der Waals surface area contributed by atoms with Gasteiger partial charge >= 0.3 is 0 Å². The molecule has 0 spiro atoms. The molecule has 0 saturated heterocycles. The molecule has 1 N–H and O–H groups in total. The van der Waals surface area contributed by atoms with Crippen LogP contribution in [0, 0.1) is 11.3 Å². The number of nitrogens with one attached hydrogen (secondary N) is 1. The molecule has 0 radical (unpaired) electrons. The third-order valence-electron chi connectivity index (χ3n) is 2.57. The van der Waals surface area contributed by atoms with Gasteiger partial charge in [-0.25, -0.2) is 0 Å². The van der Waals surface area contributed by atoms with Gasteiger partial charge in [-0.05, 0) is 37.5 Å². The second-order valence-electron chi connectivity index (χ2n) is 3.57. The maximum absolute atomic E-state index is 8.91. The first-order valence-electron chi connectivity index (χ1n) is 4.76. The molecule has 0 unspecified atom stereocenters. The Hall–Kier alpha value is -1.01. The van der Waals surface area contributed by atoms with Crippen molar-refractivity contribution >= 4 is 21.6 Å². The van der Waals surface area contributed by atoms with E-state index in [-0.39, 0.29) is 0 Å². The van der Waals surface area contributed by atoms with E-state index in [4.69, 9.17) is 5.26 Å². The molecule has 1 aromatic rings. The van der Waals surface area contributed by atoms with Crippen LogP contribution >= 0.6 is 15.9 Å². The fourth-order valence-corrected chi connectivity index (χ4v) is 1.87. The normalized spacial score (nSPS) is 15.7. The smallest absolute Gasteiger partial charge is 0.101 e. The Morgan fingerprint density at radius 3 is 2.79 bits per heavy atom. The SMILES string of the molecule is N#Cc1ccc(Br)cc1NC1CCC1. The van der Waals surface area contributed by atoms with E-state index in [0.29, 0.717) is 6.04 Å². The van der Waals surface area contributed by atoms with Gasteiger partial charge in [0.05, 0.1) is 11.3 Å². The highest BCUT2D eigenvalue weighted by molar-refractivity contribution is 9.10. The van der Waals surface area contributed by atoms with Crippen molar-refractivity contribution in [3.8, 4) is 6.07 Å². The average Bonchev–Trinajstić information content (AvgIpc) is 2.12. The minimum atomic E-state index is 0.566. The molecule has 1 aliphatic carbocycles. The molecule has 72 valence electrons. The predicted octanol–water partition coefficient (Wildman–Crippen LogP) is 3.29. The van der Waals surface area contributed by atoms with Gasteiger partial charge in [0, 0.05) is 10.5 Å². The number of hydrogen-bond acceptors (Lipinski definition) is 2. The number of halogens is 1. The lowest BCUT2D eigenvalue weighted by Crippen LogP contribution is -2.27. The van der Waals surface area contributed by atoms with E-state index < -0.39 is 0 Å². The first kappa shape index (κ1) is 9.54. The highest BCUT2D eigenvalue weighted by atomic mass is 79.9. The van der Waals surface area contributed by atoms with Crippen molar-refractivity contribution in [3.63, 3.8) is 0 Å². The average molecular weight is 251 g/mol. The van der Waals surface area contributed by atoms with Crippen molar-refractivity contribution in [1.29, 1.82) is 5.26 Å². The van der Waals surface area contributed by atoms with E-state index in [9.17, 15) is 0 Å². The molecule has 1 aliphatic rings. The van der Waals surface area contributed by atoms with Gasteiger partial charge in [0.25, 0.3) is 0 Å². The van der Waals surface area contributed by atoms with Gasteiger partial charge < -0.3 is 5.32 Å². The van der Waals surface area contributed by atoms with Crippen LogP contribution in [0.5, 0.6) is 0 Å². The molecule has 14 heavy (non-hydrogen) atoms. The zero-order valence-corrected chi connectivity index (χ0v) is 9.34. The summed E-state index contributed by atoms with van der Waals surface area (Å²) in [6.07, 6.45) is 3.74. The number of anilines is 1. The third kappa shape index (κ3) is 1.91. The molecule has 0 aromatic heterocycles. The molecule has 0 bridgehead atoms. The second-order valence-corrected chi connectivity index (χ2v) is 4.49. The van der Waals surface area contributed by atoms with E-state index in [1.54, 1.807) is 0 Å². The molecule has 0 amide bonds. The molecule has 1 saturated carbocycles. The van der Waals surface area contributed by atoms with Crippen molar-refractivity contribution in [3.05, 3.63) is 28.2 Å². The third-order valence-corrected chi connectivity index (χ3v) is 3.06. The van der Waals surface area contributed by atoms with Crippen LogP contribution in [0.2, 0.25) is 0 Å². The Kier molecular flexibility index (Phi) is 2.74. The molecular weight excluding hydrogens is 240 g/mol. The topological polar surface area (TPSA) is 35.8 Å². The summed E-state index contributed by atoms with van der Waals surface area (Å²) in [6, 6.07) is 8.46. The Morgan fingerprint density at radius 2 is 2.21 bits per heavy atom. The maximum atomic E-state index is 8.91. The van der Waals surface area contributed by atoms with Gasteiger partial charge in [0.2, 0.25) is 0 Å². The molecule has 0 atom stereocenters. The Bertz CT molecular complexity index is 377. The van der Waals surface area contributed by atoms with E-state index in [0.717, 1.165) is 15.7 Å². The van der Waals surface area contributed by atoms with Gasteiger partial charge in [-0.2, -0.15) is 5.26 Å². The fourth-order valence-electron chi connectivity index (χ4n) is 1.51. The summed E-state index contributed by atoms with van der Waals surface area (Å²) in [4.78, 5) is 0. The number of hydrogen-bond donors (Lipinski definition) is 1. The molecule has 2 rings (SSSR count). The molecule has 0 heterocycles. The van der Waals surface area contributed by atoms with Crippen LogP contribution in [0.1, 0.15) is 24.8 Å². The summed E-state index contributed by atoms with van der Waals surface area (Å²) in [7, 11) is 0. The van der Waals surface area contributed by atoms with Crippen molar-refractivity contribution in [2.24, 2.45) is 0 Å². The van der Waals surface area contributed by atoms with E-state index in [1.807, 2.05) is 18.2 Å². The maximum Gasteiger partial charge on any atom is 0.101 e. The number of nitrogens with zero attached hydrogens (tertiary/aromatic N) is 1. The van der Waals surface area contributed by atoms with E-state index >= 15 is 0 Å². The van der Waals surface area contributed by atoms with Crippen LogP contribution in [-0.4, -0.2) is 6.04 Å². The van der Waals surface area contributed by atoms with Crippen LogP contribution in [0.4, 0.5) is 5.69 Å². The molecule has 0 aliphatic heterocycles. The minimum absolute atomic E-state index is 0.566. The van der Waals surface area contributed by atoms with Gasteiger partial charge in [-0.1, -0.05) is 15.9 Å². The Labute approximate surface area is 92.1 Å². The largest absolute Gasteiger partial charge is 0.381 e. The van der Waals surface area contributed by atoms with E-state index in [1.165, 1.54) is 19.3 Å². The lowest BCUT2D eigenvalue weighted by molar-refractivity contribution is 0.445. The minimum Gasteiger partial charge on any atom is -0.381 e. The Morgan fingerprint density at radius 1 is 1.43 bits per heavy atom. The first-order chi connectivity index (χ1) is 6.79. The summed E-state index contributed by atoms with van der Waals surface area (Å²) in [5.41, 5.74) is 1.67. The predicted molar refractivity (Wildman–Crippen MR) is 60.1 cm³/mol. The quantitative estimate of drug-likeness (QED) is 0.875. The van der Waals surface area contributed by atoms with Gasteiger partial charge in [0.15, 0.2) is 0 Å². The van der Waals surface area contributed by atoms with Gasteiger partial charge in [-0.15, -0.1) is 0 Å². The first-order valence-corrected chi connectivity index (χ1v) is 5.55. The molecule has 3 heteroatoms. The number of nitriles is 1. The molecular formula is C11H11BrN2. The zero-order chi connectivity index (χ0) is 9.97. The van der Waals surface area contributed by atoms with Gasteiger partial charge in [0.1, 0.15) is 6.07 Å². The molecule has 2 nitrogen and oxygen atoms in total. The van der Waals surface area contributed by atoms with Crippen molar-refractivity contribution in [2.75, 3.05) is 5.32 Å². The zero-order valence-electron chi connectivity index (χ0n) is 7.76. The van der Waals surface area contributed by atoms with Gasteiger partial charge in [-0.3, -0.25) is 0 Å². The van der Waals surface area contributed by atoms with Crippen molar-refractivity contribution in [1.82, 2.24) is 0 Å². The summed E-state index contributed by atoms with van der Waals surface area (Å²) >= 11 is 3.41. The highest BCUT2D eigenvalue weighted by Gasteiger charge is 2.17.